The lowest BCUT2D eigenvalue weighted by Gasteiger charge is -2.04. The molecule has 2 aromatic carbocycles. The first-order chi connectivity index (χ1) is 13.2. The summed E-state index contributed by atoms with van der Waals surface area (Å²) in [5.74, 6) is 0.447. The van der Waals surface area contributed by atoms with Crippen LogP contribution in [-0.4, -0.2) is 44.8 Å². The zero-order valence-electron chi connectivity index (χ0n) is 14.7. The van der Waals surface area contributed by atoms with Gasteiger partial charge in [0.25, 0.3) is 0 Å². The molecule has 1 fully saturated rings. The van der Waals surface area contributed by atoms with Crippen LogP contribution in [0.3, 0.4) is 0 Å². The van der Waals surface area contributed by atoms with Crippen LogP contribution >= 0.6 is 11.8 Å². The van der Waals surface area contributed by atoms with Crippen LogP contribution < -0.4 is 0 Å². The average molecular weight is 375 g/mol. The molecule has 0 spiro atoms. The molecule has 0 aliphatic carbocycles. The van der Waals surface area contributed by atoms with Crippen molar-refractivity contribution >= 4 is 29.1 Å². The smallest absolute Gasteiger partial charge is 0.238 e. The van der Waals surface area contributed by atoms with Gasteiger partial charge < -0.3 is 0 Å². The summed E-state index contributed by atoms with van der Waals surface area (Å²) in [5.41, 5.74) is 3.65. The number of nitrogens with zero attached hydrogens (tertiary/aromatic N) is 5. The third-order valence-corrected chi connectivity index (χ3v) is 5.14. The highest BCUT2D eigenvalue weighted by molar-refractivity contribution is 8.15. The standard InChI is InChI=1S/C20H17N5OS/c1-24-18(26)14-27-20(24)22-21-12-16-13-25(17-10-6-3-7-11-17)23-19(16)15-8-4-2-5-9-15/h2-13H,14H2,1H3/b21-12+,22-20-. The van der Waals surface area contributed by atoms with Crippen molar-refractivity contribution in [2.75, 3.05) is 12.8 Å². The maximum absolute atomic E-state index is 11.6. The number of hydrogen-bond acceptors (Lipinski definition) is 5. The highest BCUT2D eigenvalue weighted by Crippen LogP contribution is 2.23. The van der Waals surface area contributed by atoms with Crippen LogP contribution in [-0.2, 0) is 4.79 Å². The van der Waals surface area contributed by atoms with E-state index in [0.717, 1.165) is 22.5 Å². The van der Waals surface area contributed by atoms with E-state index in [1.165, 1.54) is 16.7 Å². The number of carbonyl (C=O) groups excluding carboxylic acids is 1. The van der Waals surface area contributed by atoms with Gasteiger partial charge >= 0.3 is 0 Å². The van der Waals surface area contributed by atoms with E-state index >= 15 is 0 Å². The van der Waals surface area contributed by atoms with Gasteiger partial charge in [-0.25, -0.2) is 4.68 Å². The first kappa shape index (κ1) is 17.2. The zero-order valence-corrected chi connectivity index (χ0v) is 15.5. The summed E-state index contributed by atoms with van der Waals surface area (Å²) in [7, 11) is 1.71. The van der Waals surface area contributed by atoms with E-state index in [1.54, 1.807) is 13.3 Å². The van der Waals surface area contributed by atoms with Crippen LogP contribution in [0.2, 0.25) is 0 Å². The summed E-state index contributed by atoms with van der Waals surface area (Å²) in [4.78, 5) is 13.1. The summed E-state index contributed by atoms with van der Waals surface area (Å²) in [6.45, 7) is 0. The fourth-order valence-electron chi connectivity index (χ4n) is 2.68. The first-order valence-corrected chi connectivity index (χ1v) is 9.42. The third kappa shape index (κ3) is 3.68. The molecule has 7 heteroatoms. The van der Waals surface area contributed by atoms with Crippen molar-refractivity contribution in [1.82, 2.24) is 14.7 Å². The zero-order chi connectivity index (χ0) is 18.6. The molecule has 0 unspecified atom stereocenters. The lowest BCUT2D eigenvalue weighted by molar-refractivity contribution is -0.123. The van der Waals surface area contributed by atoms with E-state index in [4.69, 9.17) is 5.10 Å². The van der Waals surface area contributed by atoms with E-state index in [0.29, 0.717) is 10.9 Å². The van der Waals surface area contributed by atoms with E-state index < -0.39 is 0 Å². The summed E-state index contributed by atoms with van der Waals surface area (Å²) in [6.07, 6.45) is 3.61. The van der Waals surface area contributed by atoms with Crippen molar-refractivity contribution in [2.24, 2.45) is 10.2 Å². The molecule has 6 nitrogen and oxygen atoms in total. The van der Waals surface area contributed by atoms with E-state index in [1.807, 2.05) is 71.5 Å². The van der Waals surface area contributed by atoms with Crippen LogP contribution in [0.15, 0.2) is 77.1 Å². The number of rotatable bonds is 4. The van der Waals surface area contributed by atoms with Gasteiger partial charge in [0.15, 0.2) is 5.17 Å². The maximum Gasteiger partial charge on any atom is 0.238 e. The third-order valence-electron chi connectivity index (χ3n) is 4.14. The van der Waals surface area contributed by atoms with Crippen LogP contribution in [0.5, 0.6) is 0 Å². The number of carbonyl (C=O) groups is 1. The monoisotopic (exact) mass is 375 g/mol. The molecule has 134 valence electrons. The maximum atomic E-state index is 11.6. The molecular formula is C20H17N5OS. The second-order valence-electron chi connectivity index (χ2n) is 5.95. The molecule has 27 heavy (non-hydrogen) atoms. The van der Waals surface area contributed by atoms with E-state index in [9.17, 15) is 4.79 Å². The molecule has 0 saturated carbocycles. The Labute approximate surface area is 161 Å². The predicted octanol–water partition coefficient (Wildman–Crippen LogP) is 3.43. The Kier molecular flexibility index (Phi) is 4.84. The molecule has 1 aliphatic heterocycles. The summed E-state index contributed by atoms with van der Waals surface area (Å²) in [5, 5.41) is 13.7. The molecular weight excluding hydrogens is 358 g/mol. The lowest BCUT2D eigenvalue weighted by Crippen LogP contribution is -2.24. The quantitative estimate of drug-likeness (QED) is 0.518. The molecule has 0 bridgehead atoms. The van der Waals surface area contributed by atoms with Gasteiger partial charge in [-0.2, -0.15) is 10.2 Å². The molecule has 4 rings (SSSR count). The van der Waals surface area contributed by atoms with Crippen molar-refractivity contribution in [3.05, 3.63) is 72.4 Å². The number of hydrogen-bond donors (Lipinski definition) is 0. The van der Waals surface area contributed by atoms with Gasteiger partial charge in [0.2, 0.25) is 5.91 Å². The van der Waals surface area contributed by atoms with Gasteiger partial charge in [-0.15, -0.1) is 5.10 Å². The van der Waals surface area contributed by atoms with Crippen molar-refractivity contribution < 1.29 is 4.79 Å². The van der Waals surface area contributed by atoms with Gasteiger partial charge in [0.1, 0.15) is 5.69 Å². The summed E-state index contributed by atoms with van der Waals surface area (Å²) in [6, 6.07) is 19.9. The van der Waals surface area contributed by atoms with Crippen LogP contribution in [0.25, 0.3) is 16.9 Å². The molecule has 1 saturated heterocycles. The highest BCUT2D eigenvalue weighted by Gasteiger charge is 2.24. The Balaban J connectivity index is 1.70. The van der Waals surface area contributed by atoms with Crippen LogP contribution in [0, 0.1) is 0 Å². The van der Waals surface area contributed by atoms with Crippen molar-refractivity contribution in [3.8, 4) is 16.9 Å². The Morgan fingerprint density at radius 3 is 2.44 bits per heavy atom. The molecule has 1 amide bonds. The Morgan fingerprint density at radius 2 is 1.78 bits per heavy atom. The normalized spacial score (nSPS) is 16.0. The van der Waals surface area contributed by atoms with E-state index in [2.05, 4.69) is 10.2 Å². The molecule has 1 aromatic heterocycles. The van der Waals surface area contributed by atoms with Gasteiger partial charge in [0, 0.05) is 24.4 Å². The van der Waals surface area contributed by atoms with Gasteiger partial charge in [0.05, 0.1) is 17.7 Å². The fourth-order valence-corrected chi connectivity index (χ4v) is 3.52. The fraction of sp³-hybridized carbons (Fsp3) is 0.100. The highest BCUT2D eigenvalue weighted by atomic mass is 32.2. The predicted molar refractivity (Wildman–Crippen MR) is 109 cm³/mol. The molecule has 1 aliphatic rings. The second kappa shape index (κ2) is 7.59. The summed E-state index contributed by atoms with van der Waals surface area (Å²) < 4.78 is 1.83. The largest absolute Gasteiger partial charge is 0.292 e. The lowest BCUT2D eigenvalue weighted by atomic mass is 10.1. The Hall–Kier alpha value is -3.19. The number of benzene rings is 2. The minimum Gasteiger partial charge on any atom is -0.292 e. The minimum atomic E-state index is 0.0378. The topological polar surface area (TPSA) is 62.9 Å². The molecule has 3 aromatic rings. The number of amides is 1. The van der Waals surface area contributed by atoms with Crippen molar-refractivity contribution in [1.29, 1.82) is 0 Å². The van der Waals surface area contributed by atoms with Gasteiger partial charge in [-0.3, -0.25) is 9.69 Å². The van der Waals surface area contributed by atoms with Crippen LogP contribution in [0.4, 0.5) is 0 Å². The molecule has 2 heterocycles. The SMILES string of the molecule is CN1C(=O)CS/C1=N\N=C\c1cn(-c2ccccc2)nc1-c1ccccc1. The summed E-state index contributed by atoms with van der Waals surface area (Å²) >= 11 is 1.39. The Morgan fingerprint density at radius 1 is 1.07 bits per heavy atom. The van der Waals surface area contributed by atoms with Gasteiger partial charge in [-0.1, -0.05) is 60.3 Å². The van der Waals surface area contributed by atoms with E-state index in [-0.39, 0.29) is 5.91 Å². The molecule has 0 atom stereocenters. The second-order valence-corrected chi connectivity index (χ2v) is 6.89. The number of aromatic nitrogens is 2. The van der Waals surface area contributed by atoms with Crippen molar-refractivity contribution in [2.45, 2.75) is 0 Å². The van der Waals surface area contributed by atoms with Crippen molar-refractivity contribution in [3.63, 3.8) is 0 Å². The minimum absolute atomic E-state index is 0.0378. The number of para-hydroxylation sites is 1. The number of amidine groups is 1. The molecule has 0 radical (unpaired) electrons. The molecule has 0 N–H and O–H groups in total. The first-order valence-electron chi connectivity index (χ1n) is 8.43. The Bertz CT molecular complexity index is 1010. The van der Waals surface area contributed by atoms with Crippen LogP contribution in [0.1, 0.15) is 5.56 Å². The number of thioether (sulfide) groups is 1. The van der Waals surface area contributed by atoms with Gasteiger partial charge in [-0.05, 0) is 12.1 Å². The average Bonchev–Trinajstić information content (AvgIpc) is 3.28.